The van der Waals surface area contributed by atoms with Crippen molar-refractivity contribution in [3.63, 3.8) is 0 Å². The topological polar surface area (TPSA) is 0 Å². The van der Waals surface area contributed by atoms with Crippen LogP contribution < -0.4 is 0 Å². The minimum atomic E-state index is -1.87. The van der Waals surface area contributed by atoms with E-state index in [9.17, 15) is 0 Å². The van der Waals surface area contributed by atoms with Gasteiger partial charge in [-0.25, -0.2) is 0 Å². The van der Waals surface area contributed by atoms with E-state index in [-0.39, 0.29) is 0 Å². The molecule has 0 radical (unpaired) electrons. The zero-order valence-corrected chi connectivity index (χ0v) is 18.0. The van der Waals surface area contributed by atoms with Gasteiger partial charge >= 0.3 is 0 Å². The van der Waals surface area contributed by atoms with Gasteiger partial charge in [-0.2, -0.15) is 0 Å². The molecule has 0 aliphatic carbocycles. The summed E-state index contributed by atoms with van der Waals surface area (Å²) in [5, 5.41) is 3.52. The first kappa shape index (κ1) is 21.3. The molecule has 0 spiro atoms. The van der Waals surface area contributed by atoms with Crippen LogP contribution in [0.2, 0.25) is 12.6 Å². The Labute approximate surface area is 153 Å². The first-order valence-electron chi connectivity index (χ1n) is 10.3. The van der Waals surface area contributed by atoms with Crippen LogP contribution in [0.3, 0.4) is 0 Å². The standard InChI is InChI=1S/C22H39BSi/c1-8-15-17-20-19(10-3)22(23(11-4)12-5)21(18-16-9-2)24(20,13-6)14-7/h13-14H,6-12,15-18H2,1-5H3. The van der Waals surface area contributed by atoms with Crippen LogP contribution in [0.25, 0.3) is 0 Å². The van der Waals surface area contributed by atoms with Crippen LogP contribution in [0.15, 0.2) is 46.0 Å². The van der Waals surface area contributed by atoms with Crippen LogP contribution in [-0.4, -0.2) is 14.8 Å². The Morgan fingerprint density at radius 1 is 0.833 bits per heavy atom. The van der Waals surface area contributed by atoms with Gasteiger partial charge in [0.1, 0.15) is 0 Å². The SMILES string of the molecule is C=C[Si]1(C=C)C(CCCC)=C(CC)C(B(CC)CC)=C1CCCC. The largest absolute Gasteiger partial charge is 0.175 e. The first-order chi connectivity index (χ1) is 11.6. The van der Waals surface area contributed by atoms with E-state index in [2.05, 4.69) is 59.2 Å². The van der Waals surface area contributed by atoms with E-state index >= 15 is 0 Å². The number of hydrogen-bond donors (Lipinski definition) is 0. The molecule has 0 aromatic carbocycles. The fourth-order valence-corrected chi connectivity index (χ4v) is 8.88. The molecule has 24 heavy (non-hydrogen) atoms. The fraction of sp³-hybridized carbons (Fsp3) is 0.636. The smallest absolute Gasteiger partial charge is 0.106 e. The van der Waals surface area contributed by atoms with Crippen LogP contribution in [0.1, 0.15) is 79.6 Å². The monoisotopic (exact) mass is 342 g/mol. The molecule has 134 valence electrons. The molecule has 2 heteroatoms. The summed E-state index contributed by atoms with van der Waals surface area (Å²) in [5.74, 6) is 0. The summed E-state index contributed by atoms with van der Waals surface area (Å²) in [4.78, 5) is 0. The normalized spacial score (nSPS) is 16.7. The van der Waals surface area contributed by atoms with E-state index in [0.717, 1.165) is 6.71 Å². The summed E-state index contributed by atoms with van der Waals surface area (Å²) in [5.41, 5.74) is 8.12. The minimum absolute atomic E-state index is 0.720. The molecule has 0 saturated heterocycles. The van der Waals surface area contributed by atoms with Gasteiger partial charge in [-0.05, 0) is 19.3 Å². The second-order valence-corrected chi connectivity index (χ2v) is 11.0. The highest BCUT2D eigenvalue weighted by Crippen LogP contribution is 2.47. The molecule has 0 atom stereocenters. The number of hydrogen-bond acceptors (Lipinski definition) is 0. The predicted octanol–water partition coefficient (Wildman–Crippen LogP) is 7.44. The van der Waals surface area contributed by atoms with E-state index in [0.29, 0.717) is 0 Å². The van der Waals surface area contributed by atoms with Gasteiger partial charge in [0.25, 0.3) is 0 Å². The predicted molar refractivity (Wildman–Crippen MR) is 116 cm³/mol. The number of unbranched alkanes of at least 4 members (excludes halogenated alkanes) is 2. The lowest BCUT2D eigenvalue weighted by molar-refractivity contribution is 0.796. The van der Waals surface area contributed by atoms with Crippen LogP contribution in [-0.2, 0) is 0 Å². The van der Waals surface area contributed by atoms with Crippen LogP contribution in [0, 0.1) is 0 Å². The van der Waals surface area contributed by atoms with Crippen LogP contribution >= 0.6 is 0 Å². The molecule has 1 rings (SSSR count). The second-order valence-electron chi connectivity index (χ2n) is 7.20. The third kappa shape index (κ3) is 3.90. The van der Waals surface area contributed by atoms with Crippen molar-refractivity contribution in [1.82, 2.24) is 0 Å². The Bertz CT molecular complexity index is 486. The van der Waals surface area contributed by atoms with Crippen molar-refractivity contribution < 1.29 is 0 Å². The highest BCUT2D eigenvalue weighted by molar-refractivity contribution is 7.02. The highest BCUT2D eigenvalue weighted by atomic mass is 28.3. The Balaban J connectivity index is 3.60. The van der Waals surface area contributed by atoms with E-state index in [1.807, 2.05) is 0 Å². The van der Waals surface area contributed by atoms with Crippen molar-refractivity contribution in [2.24, 2.45) is 0 Å². The van der Waals surface area contributed by atoms with Crippen molar-refractivity contribution in [3.05, 3.63) is 46.0 Å². The van der Waals surface area contributed by atoms with Gasteiger partial charge in [0.15, 0.2) is 14.8 Å². The van der Waals surface area contributed by atoms with Crippen molar-refractivity contribution in [3.8, 4) is 0 Å². The minimum Gasteiger partial charge on any atom is -0.106 e. The molecule has 0 N–H and O–H groups in total. The Hall–Kier alpha value is -0.758. The molecule has 0 saturated carbocycles. The Kier molecular flexibility index (Phi) is 9.12. The summed E-state index contributed by atoms with van der Waals surface area (Å²) in [6.07, 6.45) is 11.3. The Morgan fingerprint density at radius 2 is 1.33 bits per heavy atom. The van der Waals surface area contributed by atoms with Crippen molar-refractivity contribution in [2.75, 3.05) is 0 Å². The summed E-state index contributed by atoms with van der Waals surface area (Å²) in [6.45, 7) is 21.1. The average molecular weight is 342 g/mol. The highest BCUT2D eigenvalue weighted by Gasteiger charge is 2.44. The molecule has 0 nitrogen and oxygen atoms in total. The van der Waals surface area contributed by atoms with Gasteiger partial charge in [-0.1, -0.05) is 106 Å². The average Bonchev–Trinajstić information content (AvgIpc) is 2.88. The van der Waals surface area contributed by atoms with Gasteiger partial charge in [-0.3, -0.25) is 0 Å². The molecule has 1 aliphatic rings. The molecule has 0 fully saturated rings. The lowest BCUT2D eigenvalue weighted by atomic mass is 9.39. The summed E-state index contributed by atoms with van der Waals surface area (Å²) < 4.78 is 0. The second kappa shape index (κ2) is 10.3. The molecule has 0 amide bonds. The van der Waals surface area contributed by atoms with Gasteiger partial charge in [-0.15, -0.1) is 13.2 Å². The van der Waals surface area contributed by atoms with E-state index in [1.54, 1.807) is 21.4 Å². The van der Waals surface area contributed by atoms with Gasteiger partial charge < -0.3 is 0 Å². The lowest BCUT2D eigenvalue weighted by Crippen LogP contribution is -2.35. The zero-order valence-electron chi connectivity index (χ0n) is 17.0. The maximum Gasteiger partial charge on any atom is 0.175 e. The van der Waals surface area contributed by atoms with Gasteiger partial charge in [0.2, 0.25) is 0 Å². The maximum absolute atomic E-state index is 4.34. The Morgan fingerprint density at radius 3 is 1.71 bits per heavy atom. The molecule has 0 aromatic rings. The lowest BCUT2D eigenvalue weighted by Gasteiger charge is -2.28. The quantitative estimate of drug-likeness (QED) is 0.323. The molecule has 0 bridgehead atoms. The third-order valence-electron chi connectivity index (χ3n) is 5.97. The van der Waals surface area contributed by atoms with Gasteiger partial charge in [0, 0.05) is 0 Å². The summed E-state index contributed by atoms with van der Waals surface area (Å²) >= 11 is 0. The van der Waals surface area contributed by atoms with E-state index < -0.39 is 8.07 Å². The zero-order chi connectivity index (χ0) is 18.2. The summed E-state index contributed by atoms with van der Waals surface area (Å²) in [6, 6.07) is 0. The van der Waals surface area contributed by atoms with Crippen LogP contribution in [0.5, 0.6) is 0 Å². The maximum atomic E-state index is 4.34. The number of rotatable bonds is 12. The van der Waals surface area contributed by atoms with Gasteiger partial charge in [0.05, 0.1) is 0 Å². The molecule has 0 aromatic heterocycles. The molecule has 0 unspecified atom stereocenters. The first-order valence-corrected chi connectivity index (χ1v) is 12.5. The third-order valence-corrected chi connectivity index (χ3v) is 10.3. The molecule has 1 heterocycles. The molecular weight excluding hydrogens is 303 g/mol. The van der Waals surface area contributed by atoms with Crippen LogP contribution in [0.4, 0.5) is 0 Å². The van der Waals surface area contributed by atoms with Crippen molar-refractivity contribution >= 4 is 14.8 Å². The number of allylic oxidation sites excluding steroid dienone is 4. The van der Waals surface area contributed by atoms with E-state index in [1.165, 1.54) is 57.6 Å². The molecule has 1 aliphatic heterocycles. The summed E-state index contributed by atoms with van der Waals surface area (Å²) in [7, 11) is -1.87. The van der Waals surface area contributed by atoms with E-state index in [4.69, 9.17) is 0 Å². The van der Waals surface area contributed by atoms with Crippen molar-refractivity contribution in [2.45, 2.75) is 92.2 Å². The molecular formula is C22H39BSi. The fourth-order valence-electron chi connectivity index (χ4n) is 4.58. The van der Waals surface area contributed by atoms with Crippen molar-refractivity contribution in [1.29, 1.82) is 0 Å².